The number of carbonyl (C=O) groups is 4. The number of amides is 3. The number of nitrogens with one attached hydrogen (secondary N) is 1. The van der Waals surface area contributed by atoms with E-state index in [9.17, 15) is 24.3 Å². The molecule has 0 saturated heterocycles. The van der Waals surface area contributed by atoms with Crippen molar-refractivity contribution in [2.75, 3.05) is 4.90 Å². The number of carbonyl (C=O) groups excluding carboxylic acids is 3. The molecule has 0 bridgehead atoms. The molecule has 0 fully saturated rings. The Morgan fingerprint density at radius 3 is 2.11 bits per heavy atom. The van der Waals surface area contributed by atoms with Gasteiger partial charge in [-0.3, -0.25) is 14.5 Å². The second-order valence-corrected chi connectivity index (χ2v) is 11.2. The number of carboxylic acid groups (broad SMARTS) is 1. The number of nitrogens with zero attached hydrogens (tertiary/aromatic N) is 2. The highest BCUT2D eigenvalue weighted by atomic mass is 16.6. The van der Waals surface area contributed by atoms with Gasteiger partial charge in [-0.15, -0.1) is 0 Å². The topological polar surface area (TPSA) is 116 Å². The Balaban J connectivity index is 1.59. The highest BCUT2D eigenvalue weighted by Crippen LogP contribution is 2.34. The summed E-state index contributed by atoms with van der Waals surface area (Å²) in [4.78, 5) is 55.4. The van der Waals surface area contributed by atoms with Crippen molar-refractivity contribution in [2.24, 2.45) is 5.92 Å². The average molecular weight is 522 g/mol. The number of anilines is 1. The van der Waals surface area contributed by atoms with Crippen LogP contribution in [0.2, 0.25) is 0 Å². The molecule has 0 aliphatic carbocycles. The smallest absolute Gasteiger partial charge is 0.415 e. The number of aliphatic carboxylic acids is 1. The second kappa shape index (κ2) is 10.5. The minimum absolute atomic E-state index is 0.143. The fraction of sp³-hybridized carbons (Fsp3) is 0.448. The summed E-state index contributed by atoms with van der Waals surface area (Å²) in [5.74, 6) is -2.38. The summed E-state index contributed by atoms with van der Waals surface area (Å²) < 4.78 is 5.59. The molecule has 2 aliphatic rings. The number of hydrogen-bond donors (Lipinski definition) is 2. The maximum Gasteiger partial charge on any atom is 0.415 e. The Hall–Kier alpha value is -3.88. The van der Waals surface area contributed by atoms with E-state index in [0.717, 1.165) is 16.7 Å². The van der Waals surface area contributed by atoms with Gasteiger partial charge in [0.15, 0.2) is 0 Å². The van der Waals surface area contributed by atoms with Gasteiger partial charge in [0.05, 0.1) is 5.69 Å². The van der Waals surface area contributed by atoms with Crippen molar-refractivity contribution in [3.63, 3.8) is 0 Å². The molecule has 2 heterocycles. The SMILES string of the molecule is CC(C)[C@H](NC(=O)[C@H]1Cc2ccccc2N1C(=O)OC(C)(C)C)C(=O)N1Cc2ccccc2C[C@@H]1C(=O)O. The maximum absolute atomic E-state index is 13.8. The van der Waals surface area contributed by atoms with Crippen molar-refractivity contribution in [3.05, 3.63) is 65.2 Å². The normalized spacial score (nSPS) is 19.4. The Morgan fingerprint density at radius 2 is 1.50 bits per heavy atom. The van der Waals surface area contributed by atoms with E-state index in [4.69, 9.17) is 4.74 Å². The third kappa shape index (κ3) is 5.51. The van der Waals surface area contributed by atoms with Gasteiger partial charge in [-0.25, -0.2) is 9.59 Å². The van der Waals surface area contributed by atoms with E-state index >= 15 is 0 Å². The minimum Gasteiger partial charge on any atom is -0.480 e. The highest BCUT2D eigenvalue weighted by molar-refractivity contribution is 6.02. The van der Waals surface area contributed by atoms with Crippen LogP contribution in [0.1, 0.15) is 51.3 Å². The largest absolute Gasteiger partial charge is 0.480 e. The van der Waals surface area contributed by atoms with Crippen molar-refractivity contribution < 1.29 is 29.0 Å². The molecule has 2 aromatic carbocycles. The van der Waals surface area contributed by atoms with Crippen molar-refractivity contribution >= 4 is 29.6 Å². The Labute approximate surface area is 222 Å². The Bertz CT molecular complexity index is 1250. The van der Waals surface area contributed by atoms with E-state index in [2.05, 4.69) is 5.32 Å². The lowest BCUT2D eigenvalue weighted by Gasteiger charge is -2.38. The van der Waals surface area contributed by atoms with E-state index in [0.29, 0.717) is 5.69 Å². The van der Waals surface area contributed by atoms with E-state index < -0.39 is 47.6 Å². The minimum atomic E-state index is -1.09. The average Bonchev–Trinajstić information content (AvgIpc) is 3.24. The van der Waals surface area contributed by atoms with Crippen LogP contribution >= 0.6 is 0 Å². The lowest BCUT2D eigenvalue weighted by molar-refractivity contribution is -0.153. The molecule has 0 saturated carbocycles. The van der Waals surface area contributed by atoms with Gasteiger partial charge in [-0.2, -0.15) is 0 Å². The molecule has 2 aliphatic heterocycles. The molecule has 0 unspecified atom stereocenters. The first kappa shape index (κ1) is 27.2. The van der Waals surface area contributed by atoms with Crippen LogP contribution in [0.4, 0.5) is 10.5 Å². The van der Waals surface area contributed by atoms with Crippen LogP contribution in [-0.2, 0) is 38.5 Å². The third-order valence-electron chi connectivity index (χ3n) is 6.92. The molecule has 202 valence electrons. The van der Waals surface area contributed by atoms with E-state index in [1.807, 2.05) is 36.4 Å². The first-order valence-electron chi connectivity index (χ1n) is 12.9. The van der Waals surface area contributed by atoms with Crippen LogP contribution in [0.3, 0.4) is 0 Å². The molecule has 3 atom stereocenters. The molecule has 2 N–H and O–H groups in total. The molecule has 38 heavy (non-hydrogen) atoms. The quantitative estimate of drug-likeness (QED) is 0.622. The molecule has 0 aromatic heterocycles. The number of hydrogen-bond acceptors (Lipinski definition) is 5. The predicted octanol–water partition coefficient (Wildman–Crippen LogP) is 3.53. The van der Waals surface area contributed by atoms with E-state index in [1.54, 1.807) is 46.8 Å². The molecule has 9 nitrogen and oxygen atoms in total. The van der Waals surface area contributed by atoms with Gasteiger partial charge in [0.1, 0.15) is 23.7 Å². The number of benzene rings is 2. The summed E-state index contributed by atoms with van der Waals surface area (Å²) in [6.45, 7) is 9.00. The number of carboxylic acids is 1. The molecule has 4 rings (SSSR count). The summed E-state index contributed by atoms with van der Waals surface area (Å²) in [6, 6.07) is 11.8. The number of para-hydroxylation sites is 1. The number of ether oxygens (including phenoxy) is 1. The third-order valence-corrected chi connectivity index (χ3v) is 6.92. The first-order chi connectivity index (χ1) is 17.9. The van der Waals surface area contributed by atoms with Crippen molar-refractivity contribution in [2.45, 2.75) is 77.7 Å². The molecular formula is C29H35N3O6. The number of rotatable bonds is 5. The summed E-state index contributed by atoms with van der Waals surface area (Å²) in [5, 5.41) is 12.8. The van der Waals surface area contributed by atoms with Crippen molar-refractivity contribution in [1.29, 1.82) is 0 Å². The van der Waals surface area contributed by atoms with Gasteiger partial charge >= 0.3 is 12.1 Å². The van der Waals surface area contributed by atoms with Gasteiger partial charge in [-0.1, -0.05) is 56.3 Å². The van der Waals surface area contributed by atoms with Crippen LogP contribution < -0.4 is 10.2 Å². The predicted molar refractivity (Wildman–Crippen MR) is 142 cm³/mol. The first-order valence-corrected chi connectivity index (χ1v) is 12.9. The second-order valence-electron chi connectivity index (χ2n) is 11.2. The molecule has 0 radical (unpaired) electrons. The fourth-order valence-electron chi connectivity index (χ4n) is 5.05. The Morgan fingerprint density at radius 1 is 0.921 bits per heavy atom. The molecule has 9 heteroatoms. The van der Waals surface area contributed by atoms with Crippen molar-refractivity contribution in [3.8, 4) is 0 Å². The summed E-state index contributed by atoms with van der Waals surface area (Å²) in [5.41, 5.74) is 2.43. The monoisotopic (exact) mass is 521 g/mol. The van der Waals surface area contributed by atoms with E-state index in [-0.39, 0.29) is 25.3 Å². The standard InChI is InChI=1S/C29H35N3O6/c1-17(2)24(26(34)31-16-20-12-7-6-10-18(20)14-23(31)27(35)36)30-25(33)22-15-19-11-8-9-13-21(19)32(22)28(37)38-29(3,4)5/h6-13,17,22-24H,14-16H2,1-5H3,(H,30,33)(H,35,36)/t22-,23-,24+/m1/s1. The Kier molecular flexibility index (Phi) is 7.49. The van der Waals surface area contributed by atoms with Crippen molar-refractivity contribution in [1.82, 2.24) is 10.2 Å². The van der Waals surface area contributed by atoms with Gasteiger partial charge in [0.25, 0.3) is 0 Å². The fourth-order valence-corrected chi connectivity index (χ4v) is 5.05. The van der Waals surface area contributed by atoms with Gasteiger partial charge in [0.2, 0.25) is 11.8 Å². The van der Waals surface area contributed by atoms with Crippen LogP contribution in [0.5, 0.6) is 0 Å². The lowest BCUT2D eigenvalue weighted by atomic mass is 9.92. The molecule has 3 amide bonds. The summed E-state index contributed by atoms with van der Waals surface area (Å²) in [7, 11) is 0. The van der Waals surface area contributed by atoms with Crippen LogP contribution in [-0.4, -0.2) is 57.6 Å². The maximum atomic E-state index is 13.8. The lowest BCUT2D eigenvalue weighted by Crippen LogP contribution is -2.59. The van der Waals surface area contributed by atoms with Gasteiger partial charge in [0, 0.05) is 19.4 Å². The van der Waals surface area contributed by atoms with Crippen LogP contribution in [0.25, 0.3) is 0 Å². The molecule has 2 aromatic rings. The van der Waals surface area contributed by atoms with Gasteiger partial charge in [-0.05, 0) is 49.4 Å². The zero-order valence-corrected chi connectivity index (χ0v) is 22.4. The molecular weight excluding hydrogens is 486 g/mol. The van der Waals surface area contributed by atoms with Crippen LogP contribution in [0, 0.1) is 5.92 Å². The zero-order chi connectivity index (χ0) is 27.8. The summed E-state index contributed by atoms with van der Waals surface area (Å²) >= 11 is 0. The van der Waals surface area contributed by atoms with Crippen LogP contribution in [0.15, 0.2) is 48.5 Å². The summed E-state index contributed by atoms with van der Waals surface area (Å²) in [6.07, 6.45) is -0.177. The van der Waals surface area contributed by atoms with Gasteiger partial charge < -0.3 is 20.1 Å². The van der Waals surface area contributed by atoms with E-state index in [1.165, 1.54) is 9.80 Å². The zero-order valence-electron chi connectivity index (χ0n) is 22.4. The highest BCUT2D eigenvalue weighted by Gasteiger charge is 2.43. The number of fused-ring (bicyclic) bond motifs is 2. The molecule has 0 spiro atoms.